The fourth-order valence-electron chi connectivity index (χ4n) is 3.68. The van der Waals surface area contributed by atoms with Gasteiger partial charge in [-0.25, -0.2) is 0 Å². The third-order valence-corrected chi connectivity index (χ3v) is 5.36. The molecule has 0 spiro atoms. The maximum atomic E-state index is 4.82. The van der Waals surface area contributed by atoms with Gasteiger partial charge in [-0.15, -0.1) is 0 Å². The summed E-state index contributed by atoms with van der Waals surface area (Å²) in [7, 11) is 0. The van der Waals surface area contributed by atoms with E-state index in [9.17, 15) is 0 Å². The predicted molar refractivity (Wildman–Crippen MR) is 104 cm³/mol. The SMILES string of the molecule is Cc1ccc(Cn2nc(C)c(/C=N\N3[C@H](C)CCC[C@H]3C)c2C)cc1. The number of aryl methyl sites for hydroxylation is 2. The molecule has 0 bridgehead atoms. The second-order valence-corrected chi connectivity index (χ2v) is 7.48. The highest BCUT2D eigenvalue weighted by Gasteiger charge is 2.23. The van der Waals surface area contributed by atoms with Gasteiger partial charge in [0, 0.05) is 23.3 Å². The summed E-state index contributed by atoms with van der Waals surface area (Å²) in [6.07, 6.45) is 5.78. The van der Waals surface area contributed by atoms with Crippen LogP contribution < -0.4 is 0 Å². The first-order chi connectivity index (χ1) is 12.0. The molecule has 0 amide bonds. The van der Waals surface area contributed by atoms with E-state index in [-0.39, 0.29) is 0 Å². The van der Waals surface area contributed by atoms with E-state index in [4.69, 9.17) is 10.2 Å². The number of piperidine rings is 1. The molecule has 2 aromatic rings. The number of aromatic nitrogens is 2. The number of benzene rings is 1. The molecule has 3 rings (SSSR count). The van der Waals surface area contributed by atoms with Crippen LogP contribution >= 0.6 is 0 Å². The summed E-state index contributed by atoms with van der Waals surface area (Å²) in [5.74, 6) is 0. The van der Waals surface area contributed by atoms with Gasteiger partial charge >= 0.3 is 0 Å². The van der Waals surface area contributed by atoms with E-state index in [0.29, 0.717) is 12.1 Å². The van der Waals surface area contributed by atoms with E-state index in [1.54, 1.807) is 0 Å². The molecular weight excluding hydrogens is 308 g/mol. The Morgan fingerprint density at radius 3 is 2.36 bits per heavy atom. The quantitative estimate of drug-likeness (QED) is 0.772. The molecule has 0 aliphatic carbocycles. The molecule has 25 heavy (non-hydrogen) atoms. The van der Waals surface area contributed by atoms with Crippen molar-refractivity contribution in [2.45, 2.75) is 72.5 Å². The average molecular weight is 338 g/mol. The van der Waals surface area contributed by atoms with Crippen molar-refractivity contribution in [3.63, 3.8) is 0 Å². The highest BCUT2D eigenvalue weighted by molar-refractivity contribution is 5.82. The maximum Gasteiger partial charge on any atom is 0.0685 e. The van der Waals surface area contributed by atoms with Crippen LogP contribution in [0.5, 0.6) is 0 Å². The number of nitrogens with zero attached hydrogens (tertiary/aromatic N) is 4. The van der Waals surface area contributed by atoms with Gasteiger partial charge in [-0.05, 0) is 59.4 Å². The molecule has 134 valence electrons. The summed E-state index contributed by atoms with van der Waals surface area (Å²) < 4.78 is 2.09. The van der Waals surface area contributed by atoms with Crippen LogP contribution in [-0.2, 0) is 6.54 Å². The summed E-state index contributed by atoms with van der Waals surface area (Å²) in [6.45, 7) is 11.7. The van der Waals surface area contributed by atoms with Gasteiger partial charge < -0.3 is 0 Å². The first-order valence-corrected chi connectivity index (χ1v) is 9.37. The summed E-state index contributed by atoms with van der Waals surface area (Å²) >= 11 is 0. The molecule has 1 aromatic carbocycles. The van der Waals surface area contributed by atoms with Gasteiger partial charge in [0.2, 0.25) is 0 Å². The monoisotopic (exact) mass is 338 g/mol. The van der Waals surface area contributed by atoms with E-state index in [1.807, 2.05) is 6.21 Å². The first-order valence-electron chi connectivity index (χ1n) is 9.37. The van der Waals surface area contributed by atoms with Gasteiger partial charge in [-0.2, -0.15) is 10.2 Å². The van der Waals surface area contributed by atoms with Crippen LogP contribution in [0.15, 0.2) is 29.4 Å². The zero-order valence-electron chi connectivity index (χ0n) is 16.2. The number of hydrogen-bond donors (Lipinski definition) is 0. The second kappa shape index (κ2) is 7.42. The predicted octanol–water partition coefficient (Wildman–Crippen LogP) is 4.45. The van der Waals surface area contributed by atoms with E-state index in [1.165, 1.54) is 36.1 Å². The van der Waals surface area contributed by atoms with Crippen molar-refractivity contribution in [1.29, 1.82) is 0 Å². The minimum atomic E-state index is 0.517. The molecule has 2 atom stereocenters. The fraction of sp³-hybridized carbons (Fsp3) is 0.524. The average Bonchev–Trinajstić information content (AvgIpc) is 2.83. The Morgan fingerprint density at radius 2 is 1.72 bits per heavy atom. The van der Waals surface area contributed by atoms with Crippen molar-refractivity contribution in [2.24, 2.45) is 5.10 Å². The molecular formula is C21H30N4. The van der Waals surface area contributed by atoms with E-state index in [2.05, 4.69) is 68.6 Å². The van der Waals surface area contributed by atoms with Crippen LogP contribution in [0.3, 0.4) is 0 Å². The van der Waals surface area contributed by atoms with Crippen LogP contribution in [0.2, 0.25) is 0 Å². The summed E-state index contributed by atoms with van der Waals surface area (Å²) in [5, 5.41) is 11.8. The van der Waals surface area contributed by atoms with Gasteiger partial charge in [0.15, 0.2) is 0 Å². The van der Waals surface area contributed by atoms with Gasteiger partial charge in [0.25, 0.3) is 0 Å². The Bertz CT molecular complexity index is 732. The molecule has 1 aromatic heterocycles. The number of rotatable bonds is 4. The fourth-order valence-corrected chi connectivity index (χ4v) is 3.68. The minimum Gasteiger partial charge on any atom is -0.292 e. The summed E-state index contributed by atoms with van der Waals surface area (Å²) in [6, 6.07) is 9.70. The number of hydrazone groups is 1. The van der Waals surface area contributed by atoms with Crippen LogP contribution in [0, 0.1) is 20.8 Å². The Balaban J connectivity index is 1.79. The highest BCUT2D eigenvalue weighted by Crippen LogP contribution is 2.23. The normalized spacial score (nSPS) is 21.2. The van der Waals surface area contributed by atoms with Crippen molar-refractivity contribution in [1.82, 2.24) is 14.8 Å². The highest BCUT2D eigenvalue weighted by atomic mass is 15.5. The molecule has 1 fully saturated rings. The van der Waals surface area contributed by atoms with Gasteiger partial charge in [0.05, 0.1) is 18.5 Å². The minimum absolute atomic E-state index is 0.517. The molecule has 4 heteroatoms. The largest absolute Gasteiger partial charge is 0.292 e. The zero-order chi connectivity index (χ0) is 18.0. The Hall–Kier alpha value is -2.10. The molecule has 2 heterocycles. The van der Waals surface area contributed by atoms with Crippen molar-refractivity contribution in [2.75, 3.05) is 0 Å². The third kappa shape index (κ3) is 3.94. The molecule has 0 N–H and O–H groups in total. The number of hydrogen-bond acceptors (Lipinski definition) is 3. The van der Waals surface area contributed by atoms with Gasteiger partial charge in [-0.1, -0.05) is 29.8 Å². The van der Waals surface area contributed by atoms with Gasteiger partial charge in [0.1, 0.15) is 0 Å². The Labute approximate surface area is 151 Å². The van der Waals surface area contributed by atoms with E-state index in [0.717, 1.165) is 17.8 Å². The van der Waals surface area contributed by atoms with Crippen LogP contribution in [0.25, 0.3) is 0 Å². The summed E-state index contributed by atoms with van der Waals surface area (Å²) in [5.41, 5.74) is 5.94. The molecule has 0 radical (unpaired) electrons. The maximum absolute atomic E-state index is 4.82. The van der Waals surface area contributed by atoms with Crippen molar-refractivity contribution >= 4 is 6.21 Å². The standard InChI is InChI=1S/C21H30N4/c1-15-9-11-20(12-10-15)14-24-19(5)21(18(4)23-24)13-22-25-16(2)7-6-8-17(25)3/h9-13,16-17H,6-8,14H2,1-5H3/b22-13-/t16-,17-/m1/s1. The lowest BCUT2D eigenvalue weighted by Crippen LogP contribution is -2.39. The van der Waals surface area contributed by atoms with Crippen LogP contribution in [0.4, 0.5) is 0 Å². The Morgan fingerprint density at radius 1 is 1.08 bits per heavy atom. The van der Waals surface area contributed by atoms with Crippen molar-refractivity contribution in [3.8, 4) is 0 Å². The molecule has 4 nitrogen and oxygen atoms in total. The van der Waals surface area contributed by atoms with E-state index < -0.39 is 0 Å². The summed E-state index contributed by atoms with van der Waals surface area (Å²) in [4.78, 5) is 0. The Kier molecular flexibility index (Phi) is 5.26. The lowest BCUT2D eigenvalue weighted by atomic mass is 10.00. The van der Waals surface area contributed by atoms with Crippen LogP contribution in [-0.4, -0.2) is 33.1 Å². The third-order valence-electron chi connectivity index (χ3n) is 5.36. The molecule has 1 aliphatic heterocycles. The van der Waals surface area contributed by atoms with Crippen molar-refractivity contribution < 1.29 is 0 Å². The molecule has 1 aliphatic rings. The molecule has 0 unspecified atom stereocenters. The lowest BCUT2D eigenvalue weighted by Gasteiger charge is -2.36. The smallest absolute Gasteiger partial charge is 0.0685 e. The lowest BCUT2D eigenvalue weighted by molar-refractivity contribution is 0.109. The molecule has 1 saturated heterocycles. The van der Waals surface area contributed by atoms with Crippen LogP contribution in [0.1, 0.15) is 61.2 Å². The van der Waals surface area contributed by atoms with E-state index >= 15 is 0 Å². The van der Waals surface area contributed by atoms with Gasteiger partial charge in [-0.3, -0.25) is 9.69 Å². The first kappa shape index (κ1) is 17.7. The second-order valence-electron chi connectivity index (χ2n) is 7.48. The molecule has 0 saturated carbocycles. The van der Waals surface area contributed by atoms with Crippen molar-refractivity contribution in [3.05, 3.63) is 52.3 Å². The topological polar surface area (TPSA) is 33.4 Å². The zero-order valence-corrected chi connectivity index (χ0v) is 16.2.